The second kappa shape index (κ2) is 4.35. The number of benzene rings is 1. The summed E-state index contributed by atoms with van der Waals surface area (Å²) in [5.74, 6) is -0.0898. The van der Waals surface area contributed by atoms with E-state index in [4.69, 9.17) is 0 Å². The van der Waals surface area contributed by atoms with Crippen molar-refractivity contribution in [2.75, 3.05) is 13.1 Å². The third kappa shape index (κ3) is 2.19. The molecule has 2 nitrogen and oxygen atoms in total. The summed E-state index contributed by atoms with van der Waals surface area (Å²) in [5.41, 5.74) is 1.72. The van der Waals surface area contributed by atoms with Crippen LogP contribution in [-0.4, -0.2) is 23.0 Å². The monoisotopic (exact) mass is 250 g/mol. The zero-order chi connectivity index (χ0) is 11.8. The Morgan fingerprint density at radius 3 is 2.88 bits per heavy atom. The molecule has 2 heterocycles. The fourth-order valence-corrected chi connectivity index (χ4v) is 3.24. The number of thiazole rings is 1. The SMILES string of the molecule is Cc1nc2cc(CN3CCCC3)c(F)cc2s1. The van der Waals surface area contributed by atoms with Crippen molar-refractivity contribution >= 4 is 21.6 Å². The average Bonchev–Trinajstić information content (AvgIpc) is 2.87. The van der Waals surface area contributed by atoms with Crippen LogP contribution in [0, 0.1) is 12.7 Å². The van der Waals surface area contributed by atoms with Crippen LogP contribution in [0.25, 0.3) is 10.2 Å². The summed E-state index contributed by atoms with van der Waals surface area (Å²) in [6.45, 7) is 4.86. The van der Waals surface area contributed by atoms with Gasteiger partial charge in [-0.3, -0.25) is 4.90 Å². The molecule has 1 saturated heterocycles. The van der Waals surface area contributed by atoms with E-state index in [1.807, 2.05) is 13.0 Å². The zero-order valence-corrected chi connectivity index (χ0v) is 10.7. The van der Waals surface area contributed by atoms with Crippen LogP contribution in [0.5, 0.6) is 0 Å². The van der Waals surface area contributed by atoms with Crippen molar-refractivity contribution in [2.24, 2.45) is 0 Å². The lowest BCUT2D eigenvalue weighted by molar-refractivity contribution is 0.325. The number of hydrogen-bond donors (Lipinski definition) is 0. The van der Waals surface area contributed by atoms with Crippen LogP contribution in [0.1, 0.15) is 23.4 Å². The van der Waals surface area contributed by atoms with E-state index in [0.29, 0.717) is 0 Å². The van der Waals surface area contributed by atoms with E-state index in [-0.39, 0.29) is 5.82 Å². The number of aryl methyl sites for hydroxylation is 1. The van der Waals surface area contributed by atoms with E-state index < -0.39 is 0 Å². The molecule has 0 radical (unpaired) electrons. The molecule has 0 bridgehead atoms. The van der Waals surface area contributed by atoms with Crippen molar-refractivity contribution in [1.29, 1.82) is 0 Å². The summed E-state index contributed by atoms with van der Waals surface area (Å²) in [5, 5.41) is 0.998. The van der Waals surface area contributed by atoms with Gasteiger partial charge in [-0.05, 0) is 45.0 Å². The Bertz CT molecular complexity index is 544. The molecule has 0 N–H and O–H groups in total. The predicted molar refractivity (Wildman–Crippen MR) is 68.8 cm³/mol. The van der Waals surface area contributed by atoms with Gasteiger partial charge in [0.1, 0.15) is 5.82 Å². The number of fused-ring (bicyclic) bond motifs is 1. The number of aromatic nitrogens is 1. The van der Waals surface area contributed by atoms with Gasteiger partial charge in [0.2, 0.25) is 0 Å². The minimum Gasteiger partial charge on any atom is -0.299 e. The van der Waals surface area contributed by atoms with E-state index in [0.717, 1.165) is 40.4 Å². The van der Waals surface area contributed by atoms with Crippen molar-refractivity contribution in [3.05, 3.63) is 28.5 Å². The smallest absolute Gasteiger partial charge is 0.129 e. The zero-order valence-electron chi connectivity index (χ0n) is 9.87. The van der Waals surface area contributed by atoms with Crippen LogP contribution < -0.4 is 0 Å². The second-order valence-electron chi connectivity index (χ2n) is 4.63. The van der Waals surface area contributed by atoms with E-state index in [9.17, 15) is 4.39 Å². The lowest BCUT2D eigenvalue weighted by atomic mass is 10.2. The molecule has 0 aliphatic carbocycles. The molecule has 1 aliphatic rings. The van der Waals surface area contributed by atoms with Crippen molar-refractivity contribution in [2.45, 2.75) is 26.3 Å². The van der Waals surface area contributed by atoms with Crippen LogP contribution in [0.2, 0.25) is 0 Å². The molecule has 0 unspecified atom stereocenters. The summed E-state index contributed by atoms with van der Waals surface area (Å²) >= 11 is 1.55. The minimum absolute atomic E-state index is 0.0898. The maximum Gasteiger partial charge on any atom is 0.129 e. The molecule has 0 atom stereocenters. The molecular weight excluding hydrogens is 235 g/mol. The summed E-state index contributed by atoms with van der Waals surface area (Å²) < 4.78 is 14.9. The molecule has 1 aromatic heterocycles. The van der Waals surface area contributed by atoms with Gasteiger partial charge in [0.15, 0.2) is 0 Å². The molecule has 1 fully saturated rings. The molecular formula is C13H15FN2S. The number of halogens is 1. The van der Waals surface area contributed by atoms with E-state index in [1.54, 1.807) is 17.4 Å². The van der Waals surface area contributed by atoms with E-state index in [2.05, 4.69) is 9.88 Å². The molecule has 3 rings (SSSR count). The number of nitrogens with zero attached hydrogens (tertiary/aromatic N) is 2. The number of rotatable bonds is 2. The van der Waals surface area contributed by atoms with Crippen LogP contribution >= 0.6 is 11.3 Å². The van der Waals surface area contributed by atoms with E-state index >= 15 is 0 Å². The summed E-state index contributed by atoms with van der Waals surface area (Å²) in [6.07, 6.45) is 2.47. The molecule has 0 amide bonds. The molecule has 0 saturated carbocycles. The molecule has 90 valence electrons. The topological polar surface area (TPSA) is 16.1 Å². The fourth-order valence-electron chi connectivity index (χ4n) is 2.41. The van der Waals surface area contributed by atoms with Crippen molar-refractivity contribution in [3.8, 4) is 0 Å². The van der Waals surface area contributed by atoms with Gasteiger partial charge in [-0.1, -0.05) is 0 Å². The Hall–Kier alpha value is -1.00. The first-order valence-corrected chi connectivity index (χ1v) is 6.82. The number of hydrogen-bond acceptors (Lipinski definition) is 3. The Morgan fingerprint density at radius 1 is 1.35 bits per heavy atom. The van der Waals surface area contributed by atoms with Crippen molar-refractivity contribution in [3.63, 3.8) is 0 Å². The first kappa shape index (κ1) is 11.1. The second-order valence-corrected chi connectivity index (χ2v) is 5.86. The predicted octanol–water partition coefficient (Wildman–Crippen LogP) is 3.34. The third-order valence-corrected chi connectivity index (χ3v) is 4.19. The van der Waals surface area contributed by atoms with E-state index in [1.165, 1.54) is 12.8 Å². The molecule has 1 aliphatic heterocycles. The molecule has 0 spiro atoms. The summed E-state index contributed by atoms with van der Waals surface area (Å²) in [7, 11) is 0. The maximum atomic E-state index is 13.9. The minimum atomic E-state index is -0.0898. The molecule has 2 aromatic rings. The molecule has 4 heteroatoms. The highest BCUT2D eigenvalue weighted by molar-refractivity contribution is 7.18. The van der Waals surface area contributed by atoms with Gasteiger partial charge >= 0.3 is 0 Å². The first-order chi connectivity index (χ1) is 8.22. The highest BCUT2D eigenvalue weighted by Gasteiger charge is 2.15. The largest absolute Gasteiger partial charge is 0.299 e. The lowest BCUT2D eigenvalue weighted by Gasteiger charge is -2.14. The van der Waals surface area contributed by atoms with Gasteiger partial charge in [-0.2, -0.15) is 0 Å². The Balaban J connectivity index is 1.94. The standard InChI is InChI=1S/C13H15FN2S/c1-9-15-12-6-10(8-16-4-2-3-5-16)11(14)7-13(12)17-9/h6-7H,2-5,8H2,1H3. The van der Waals surface area contributed by atoms with Crippen LogP contribution in [0.3, 0.4) is 0 Å². The van der Waals surface area contributed by atoms with Crippen LogP contribution in [0.15, 0.2) is 12.1 Å². The van der Waals surface area contributed by atoms with Crippen molar-refractivity contribution in [1.82, 2.24) is 9.88 Å². The Labute approximate surface area is 104 Å². The Kier molecular flexibility index (Phi) is 2.84. The van der Waals surface area contributed by atoms with Gasteiger partial charge in [-0.15, -0.1) is 11.3 Å². The average molecular weight is 250 g/mol. The third-order valence-electron chi connectivity index (χ3n) is 3.26. The maximum absolute atomic E-state index is 13.9. The highest BCUT2D eigenvalue weighted by Crippen LogP contribution is 2.26. The normalized spacial score (nSPS) is 17.1. The van der Waals surface area contributed by atoms with Crippen LogP contribution in [0.4, 0.5) is 4.39 Å². The summed E-state index contributed by atoms with van der Waals surface area (Å²) in [6, 6.07) is 3.54. The Morgan fingerprint density at radius 2 is 2.12 bits per heavy atom. The lowest BCUT2D eigenvalue weighted by Crippen LogP contribution is -2.19. The first-order valence-electron chi connectivity index (χ1n) is 6.00. The quantitative estimate of drug-likeness (QED) is 0.812. The van der Waals surface area contributed by atoms with Gasteiger partial charge in [-0.25, -0.2) is 9.37 Å². The van der Waals surface area contributed by atoms with Gasteiger partial charge in [0, 0.05) is 12.1 Å². The summed E-state index contributed by atoms with van der Waals surface area (Å²) in [4.78, 5) is 6.73. The number of likely N-dealkylation sites (tertiary alicyclic amines) is 1. The molecule has 17 heavy (non-hydrogen) atoms. The van der Waals surface area contributed by atoms with Gasteiger partial charge in [0.25, 0.3) is 0 Å². The van der Waals surface area contributed by atoms with Gasteiger partial charge < -0.3 is 0 Å². The molecule has 1 aromatic carbocycles. The van der Waals surface area contributed by atoms with Gasteiger partial charge in [0.05, 0.1) is 15.2 Å². The fraction of sp³-hybridized carbons (Fsp3) is 0.462. The highest BCUT2D eigenvalue weighted by atomic mass is 32.1. The van der Waals surface area contributed by atoms with Crippen molar-refractivity contribution < 1.29 is 4.39 Å². The van der Waals surface area contributed by atoms with Crippen LogP contribution in [-0.2, 0) is 6.54 Å².